The van der Waals surface area contributed by atoms with E-state index in [4.69, 9.17) is 4.74 Å². The van der Waals surface area contributed by atoms with E-state index in [0.29, 0.717) is 41.0 Å². The number of benzene rings is 4. The lowest BCUT2D eigenvalue weighted by Crippen LogP contribution is -2.58. The second-order valence-corrected chi connectivity index (χ2v) is 13.7. The molecule has 250 valence electrons. The minimum Gasteiger partial charge on any atom is -0.508 e. The monoisotopic (exact) mass is 663 g/mol. The molecule has 0 bridgehead atoms. The third-order valence-electron chi connectivity index (χ3n) is 11.3. The maximum Gasteiger partial charge on any atom is 0.233 e. The minimum atomic E-state index is -1.41. The van der Waals surface area contributed by atoms with Crippen LogP contribution in [0.15, 0.2) is 127 Å². The maximum absolute atomic E-state index is 15.1. The van der Waals surface area contributed by atoms with Crippen molar-refractivity contribution >= 4 is 29.0 Å². The zero-order chi connectivity index (χ0) is 34.6. The highest BCUT2D eigenvalue weighted by Crippen LogP contribution is 2.64. The molecule has 0 radical (unpaired) electrons. The van der Waals surface area contributed by atoms with E-state index in [0.717, 1.165) is 11.1 Å². The maximum atomic E-state index is 15.1. The quantitative estimate of drug-likeness (QED) is 0.172. The number of carbonyl (C=O) groups excluding carboxylic acids is 4. The summed E-state index contributed by atoms with van der Waals surface area (Å²) in [4.78, 5) is 58.9. The van der Waals surface area contributed by atoms with E-state index in [2.05, 4.69) is 0 Å². The molecule has 1 heterocycles. The number of rotatable bonds is 7. The largest absolute Gasteiger partial charge is 0.508 e. The second kappa shape index (κ2) is 12.4. The van der Waals surface area contributed by atoms with Gasteiger partial charge in [-0.25, -0.2) is 0 Å². The molecule has 50 heavy (non-hydrogen) atoms. The van der Waals surface area contributed by atoms with Gasteiger partial charge in [0.1, 0.15) is 18.1 Å². The fourth-order valence-electron chi connectivity index (χ4n) is 9.19. The van der Waals surface area contributed by atoms with Crippen LogP contribution in [0.4, 0.5) is 0 Å². The summed E-state index contributed by atoms with van der Waals surface area (Å²) >= 11 is 0. The van der Waals surface area contributed by atoms with Crippen molar-refractivity contribution in [2.45, 2.75) is 37.7 Å². The van der Waals surface area contributed by atoms with Crippen LogP contribution in [0.2, 0.25) is 0 Å². The Balaban J connectivity index is 1.33. The van der Waals surface area contributed by atoms with Crippen LogP contribution in [0.25, 0.3) is 5.57 Å². The van der Waals surface area contributed by atoms with E-state index in [-0.39, 0.29) is 42.1 Å². The van der Waals surface area contributed by atoms with Crippen LogP contribution < -0.4 is 4.74 Å². The van der Waals surface area contributed by atoms with Gasteiger partial charge in [-0.15, -0.1) is 0 Å². The van der Waals surface area contributed by atoms with Crippen LogP contribution in [-0.2, 0) is 31.2 Å². The number of aromatic hydroxyl groups is 1. The lowest BCUT2D eigenvalue weighted by atomic mass is 9.44. The molecule has 4 aromatic carbocycles. The van der Waals surface area contributed by atoms with E-state index >= 15 is 4.79 Å². The molecule has 3 aliphatic carbocycles. The Hall–Kier alpha value is -5.56. The number of imide groups is 1. The van der Waals surface area contributed by atoms with Crippen LogP contribution >= 0.6 is 0 Å². The first-order valence-corrected chi connectivity index (χ1v) is 17.3. The minimum absolute atomic E-state index is 0.0691. The van der Waals surface area contributed by atoms with E-state index in [1.54, 1.807) is 25.1 Å². The highest BCUT2D eigenvalue weighted by Gasteiger charge is 2.66. The number of fused-ring (bicyclic) bond motifs is 4. The average Bonchev–Trinajstić information content (AvgIpc) is 3.40. The van der Waals surface area contributed by atoms with Crippen LogP contribution in [0.1, 0.15) is 47.9 Å². The summed E-state index contributed by atoms with van der Waals surface area (Å²) in [6.45, 7) is 2.38. The van der Waals surface area contributed by atoms with Gasteiger partial charge < -0.3 is 9.84 Å². The van der Waals surface area contributed by atoms with Crippen molar-refractivity contribution in [1.29, 1.82) is 0 Å². The Labute approximate surface area is 290 Å². The van der Waals surface area contributed by atoms with E-state index in [1.807, 2.05) is 97.1 Å². The summed E-state index contributed by atoms with van der Waals surface area (Å²) in [5.41, 5.74) is 2.52. The molecule has 1 N–H and O–H groups in total. The number of hydrogen-bond donors (Lipinski definition) is 1. The Kier molecular flexibility index (Phi) is 7.86. The van der Waals surface area contributed by atoms with Gasteiger partial charge in [0.2, 0.25) is 11.8 Å². The highest BCUT2D eigenvalue weighted by molar-refractivity contribution is 6.31. The van der Waals surface area contributed by atoms with Crippen molar-refractivity contribution < 1.29 is 29.0 Å². The number of hydrogen-bond acceptors (Lipinski definition) is 6. The third-order valence-corrected chi connectivity index (χ3v) is 11.3. The molecule has 1 saturated carbocycles. The van der Waals surface area contributed by atoms with Gasteiger partial charge in [0.15, 0.2) is 11.6 Å². The normalized spacial score (nSPS) is 27.2. The average molecular weight is 664 g/mol. The molecule has 2 fully saturated rings. The van der Waals surface area contributed by atoms with Crippen molar-refractivity contribution in [2.24, 2.45) is 23.7 Å². The smallest absolute Gasteiger partial charge is 0.233 e. The Bertz CT molecular complexity index is 2070. The molecule has 7 nitrogen and oxygen atoms in total. The summed E-state index contributed by atoms with van der Waals surface area (Å²) < 4.78 is 6.05. The van der Waals surface area contributed by atoms with Gasteiger partial charge in [-0.05, 0) is 54.5 Å². The number of phenols is 1. The summed E-state index contributed by atoms with van der Waals surface area (Å²) in [5, 5.41) is 11.9. The van der Waals surface area contributed by atoms with Crippen LogP contribution in [0, 0.1) is 23.7 Å². The van der Waals surface area contributed by atoms with Gasteiger partial charge in [-0.2, -0.15) is 0 Å². The Morgan fingerprint density at radius 3 is 2.18 bits per heavy atom. The number of Topliss-reactive ketones (excluding diaryl/α,β-unsaturated/α-hetero) is 1. The van der Waals surface area contributed by atoms with Crippen molar-refractivity contribution in [3.63, 3.8) is 0 Å². The molecule has 7 heteroatoms. The lowest BCUT2D eigenvalue weighted by molar-refractivity contribution is -0.140. The molecule has 2 amide bonds. The number of allylic oxidation sites excluding steroid dienone is 4. The SMILES string of the molecule is CCN1C(=O)[C@H]2[C@H](CC=C3[C@H]2C[C@H]2C(=O)C(c4ccccc4)=CC(=O)[C@@]2(c2ccccc2)[C@H]3c2ccc(OCc3ccccc3)cc2O)C1=O. The zero-order valence-corrected chi connectivity index (χ0v) is 27.7. The Morgan fingerprint density at radius 1 is 0.820 bits per heavy atom. The first-order valence-electron chi connectivity index (χ1n) is 17.3. The summed E-state index contributed by atoms with van der Waals surface area (Å²) in [7, 11) is 0. The fourth-order valence-corrected chi connectivity index (χ4v) is 9.19. The first kappa shape index (κ1) is 31.7. The van der Waals surface area contributed by atoms with Gasteiger partial charge >= 0.3 is 0 Å². The predicted octanol–water partition coefficient (Wildman–Crippen LogP) is 6.82. The number of phenolic OH excluding ortho intramolecular Hbond substituents is 1. The highest BCUT2D eigenvalue weighted by atomic mass is 16.5. The van der Waals surface area contributed by atoms with E-state index < -0.39 is 35.0 Å². The standard InChI is InChI=1S/C43H37NO6/c1-2-44-41(48)32-21-20-30-34(38(32)42(44)49)23-35-40(47)33(27-14-8-4-9-15-27)24-37(46)43(35,28-16-10-5-11-17-28)39(30)31-19-18-29(22-36(31)45)50-25-26-12-6-3-7-13-26/h3-20,22,24,32,34-35,38-39,45H,2,21,23,25H2,1H3/t32-,34+,35-,38-,39+,43-/m0/s1. The predicted molar refractivity (Wildman–Crippen MR) is 188 cm³/mol. The molecule has 4 aliphatic rings. The summed E-state index contributed by atoms with van der Waals surface area (Å²) in [6.07, 6.45) is 4.06. The van der Waals surface area contributed by atoms with Crippen LogP contribution in [-0.4, -0.2) is 39.9 Å². The molecule has 4 aromatic rings. The van der Waals surface area contributed by atoms with Crippen LogP contribution in [0.3, 0.4) is 0 Å². The number of likely N-dealkylation sites (tertiary alicyclic amines) is 1. The molecular weight excluding hydrogens is 626 g/mol. The second-order valence-electron chi connectivity index (χ2n) is 13.7. The molecule has 8 rings (SSSR count). The third kappa shape index (κ3) is 4.78. The number of carbonyl (C=O) groups is 4. The molecule has 1 saturated heterocycles. The fraction of sp³-hybridized carbons (Fsp3) is 0.256. The number of ketones is 2. The summed E-state index contributed by atoms with van der Waals surface area (Å²) in [6, 6.07) is 33.4. The molecule has 6 atom stereocenters. The Morgan fingerprint density at radius 2 is 1.50 bits per heavy atom. The topological polar surface area (TPSA) is 101 Å². The van der Waals surface area contributed by atoms with Gasteiger partial charge in [0.05, 0.1) is 17.3 Å². The van der Waals surface area contributed by atoms with Gasteiger partial charge in [-0.1, -0.05) is 109 Å². The molecule has 1 aliphatic heterocycles. The molecular formula is C43H37NO6. The van der Waals surface area contributed by atoms with Gasteiger partial charge in [-0.3, -0.25) is 24.1 Å². The van der Waals surface area contributed by atoms with E-state index in [1.165, 1.54) is 11.0 Å². The van der Waals surface area contributed by atoms with Crippen molar-refractivity contribution in [3.05, 3.63) is 149 Å². The molecule has 0 unspecified atom stereocenters. The first-order chi connectivity index (χ1) is 24.3. The summed E-state index contributed by atoms with van der Waals surface area (Å²) in [5.74, 6) is -3.75. The van der Waals surface area contributed by atoms with Crippen LogP contribution in [0.5, 0.6) is 11.5 Å². The lowest BCUT2D eigenvalue weighted by Gasteiger charge is -2.55. The van der Waals surface area contributed by atoms with Gasteiger partial charge in [0, 0.05) is 35.6 Å². The van der Waals surface area contributed by atoms with Crippen molar-refractivity contribution in [2.75, 3.05) is 6.54 Å². The molecule has 0 spiro atoms. The van der Waals surface area contributed by atoms with Gasteiger partial charge in [0.25, 0.3) is 0 Å². The van der Waals surface area contributed by atoms with Crippen molar-refractivity contribution in [1.82, 2.24) is 4.90 Å². The zero-order valence-electron chi connectivity index (χ0n) is 27.7. The van der Waals surface area contributed by atoms with E-state index in [9.17, 15) is 19.5 Å². The number of nitrogens with zero attached hydrogens (tertiary/aromatic N) is 1. The number of amides is 2. The van der Waals surface area contributed by atoms with Crippen molar-refractivity contribution in [3.8, 4) is 11.5 Å². The molecule has 0 aromatic heterocycles. The number of ether oxygens (including phenoxy) is 1.